The van der Waals surface area contributed by atoms with Crippen molar-refractivity contribution < 1.29 is 14.4 Å². The molecule has 2 heterocycles. The van der Waals surface area contributed by atoms with Crippen LogP contribution in [0, 0.1) is 0 Å². The van der Waals surface area contributed by atoms with Crippen LogP contribution in [0.4, 0.5) is 0 Å². The summed E-state index contributed by atoms with van der Waals surface area (Å²) < 4.78 is 5.49. The van der Waals surface area contributed by atoms with Gasteiger partial charge < -0.3 is 19.3 Å². The molecule has 0 amide bonds. The number of aliphatic hydroxyl groups is 1. The van der Waals surface area contributed by atoms with Crippen molar-refractivity contribution in [2.24, 2.45) is 5.16 Å². The molecule has 1 aromatic heterocycles. The van der Waals surface area contributed by atoms with Gasteiger partial charge in [-0.05, 0) is 38.1 Å². The van der Waals surface area contributed by atoms with Gasteiger partial charge in [0.2, 0.25) is 5.89 Å². The molecule has 0 aliphatic carbocycles. The van der Waals surface area contributed by atoms with Crippen LogP contribution < -0.4 is 0 Å². The number of hydrogen-bond acceptors (Lipinski definition) is 6. The SMILES string of the molecule is OC(CO/N=C/c1nc2ccccc2o1)CN1CCCCC1. The number of rotatable bonds is 6. The van der Waals surface area contributed by atoms with Crippen LogP contribution in [0.15, 0.2) is 33.8 Å². The van der Waals surface area contributed by atoms with Gasteiger partial charge in [0.25, 0.3) is 0 Å². The maximum absolute atomic E-state index is 9.93. The Morgan fingerprint density at radius 1 is 1.32 bits per heavy atom. The lowest BCUT2D eigenvalue weighted by Gasteiger charge is -2.27. The van der Waals surface area contributed by atoms with Crippen LogP contribution in [-0.2, 0) is 4.84 Å². The minimum Gasteiger partial charge on any atom is -0.435 e. The number of oxazole rings is 1. The number of para-hydroxylation sites is 2. The number of hydrogen-bond donors (Lipinski definition) is 1. The first-order chi connectivity index (χ1) is 10.8. The molecule has 1 unspecified atom stereocenters. The molecule has 1 fully saturated rings. The highest BCUT2D eigenvalue weighted by atomic mass is 16.6. The van der Waals surface area contributed by atoms with Gasteiger partial charge in [-0.15, -0.1) is 0 Å². The van der Waals surface area contributed by atoms with Crippen molar-refractivity contribution in [3.8, 4) is 0 Å². The Morgan fingerprint density at radius 2 is 2.14 bits per heavy atom. The molecule has 0 bridgehead atoms. The van der Waals surface area contributed by atoms with Crippen LogP contribution in [0.3, 0.4) is 0 Å². The highest BCUT2D eigenvalue weighted by Gasteiger charge is 2.14. The van der Waals surface area contributed by atoms with E-state index >= 15 is 0 Å². The van der Waals surface area contributed by atoms with Crippen LogP contribution in [0.1, 0.15) is 25.2 Å². The Balaban J connectivity index is 1.43. The first-order valence-corrected chi connectivity index (χ1v) is 7.72. The first kappa shape index (κ1) is 15.0. The Morgan fingerprint density at radius 3 is 2.95 bits per heavy atom. The van der Waals surface area contributed by atoms with Crippen LogP contribution >= 0.6 is 0 Å². The number of nitrogens with zero attached hydrogens (tertiary/aromatic N) is 3. The Hall–Kier alpha value is -1.92. The van der Waals surface area contributed by atoms with E-state index in [0.717, 1.165) is 18.6 Å². The number of fused-ring (bicyclic) bond motifs is 1. The third-order valence-electron chi connectivity index (χ3n) is 3.73. The largest absolute Gasteiger partial charge is 0.435 e. The van der Waals surface area contributed by atoms with E-state index < -0.39 is 6.10 Å². The van der Waals surface area contributed by atoms with Crippen LogP contribution in [0.25, 0.3) is 11.1 Å². The van der Waals surface area contributed by atoms with Gasteiger partial charge in [-0.1, -0.05) is 23.7 Å². The Kier molecular flexibility index (Phi) is 5.03. The maximum atomic E-state index is 9.93. The van der Waals surface area contributed by atoms with Crippen molar-refractivity contribution in [1.29, 1.82) is 0 Å². The first-order valence-electron chi connectivity index (χ1n) is 7.72. The van der Waals surface area contributed by atoms with E-state index in [1.807, 2.05) is 24.3 Å². The van der Waals surface area contributed by atoms with Crippen molar-refractivity contribution in [3.05, 3.63) is 30.2 Å². The monoisotopic (exact) mass is 303 g/mol. The zero-order valence-electron chi connectivity index (χ0n) is 12.5. The fourth-order valence-corrected chi connectivity index (χ4v) is 2.65. The molecule has 1 aromatic carbocycles. The van der Waals surface area contributed by atoms with Gasteiger partial charge in [-0.3, -0.25) is 0 Å². The molecule has 1 atom stereocenters. The second-order valence-corrected chi connectivity index (χ2v) is 5.57. The minimum absolute atomic E-state index is 0.174. The molecule has 6 heteroatoms. The number of aromatic nitrogens is 1. The van der Waals surface area contributed by atoms with Crippen molar-refractivity contribution in [2.45, 2.75) is 25.4 Å². The average molecular weight is 303 g/mol. The van der Waals surface area contributed by atoms with Gasteiger partial charge >= 0.3 is 0 Å². The molecule has 0 radical (unpaired) electrons. The molecular formula is C16H21N3O3. The maximum Gasteiger partial charge on any atom is 0.242 e. The molecule has 118 valence electrons. The lowest BCUT2D eigenvalue weighted by molar-refractivity contribution is 0.0162. The van der Waals surface area contributed by atoms with E-state index in [1.54, 1.807) is 0 Å². The molecule has 1 N–H and O–H groups in total. The van der Waals surface area contributed by atoms with Gasteiger partial charge in [0, 0.05) is 6.54 Å². The van der Waals surface area contributed by atoms with E-state index in [9.17, 15) is 5.11 Å². The number of β-amino-alcohol motifs (C(OH)–C–C–N with tert-alkyl or cyclic N) is 1. The van der Waals surface area contributed by atoms with E-state index in [-0.39, 0.29) is 6.61 Å². The zero-order chi connectivity index (χ0) is 15.2. The molecule has 0 saturated carbocycles. The second-order valence-electron chi connectivity index (χ2n) is 5.57. The summed E-state index contributed by atoms with van der Waals surface area (Å²) in [5.41, 5.74) is 1.50. The number of aliphatic hydroxyl groups excluding tert-OH is 1. The quantitative estimate of drug-likeness (QED) is 0.653. The van der Waals surface area contributed by atoms with Crippen LogP contribution in [-0.4, -0.2) is 53.6 Å². The normalized spacial score (nSPS) is 18.0. The van der Waals surface area contributed by atoms with E-state index in [2.05, 4.69) is 15.0 Å². The molecule has 1 aliphatic heterocycles. The lowest BCUT2D eigenvalue weighted by atomic mass is 10.1. The number of piperidine rings is 1. The third-order valence-corrected chi connectivity index (χ3v) is 3.73. The number of benzene rings is 1. The number of likely N-dealkylation sites (tertiary alicyclic amines) is 1. The van der Waals surface area contributed by atoms with E-state index in [4.69, 9.17) is 9.25 Å². The van der Waals surface area contributed by atoms with E-state index in [1.165, 1.54) is 25.5 Å². The van der Waals surface area contributed by atoms with Crippen molar-refractivity contribution in [1.82, 2.24) is 9.88 Å². The predicted molar refractivity (Wildman–Crippen MR) is 83.9 cm³/mol. The molecule has 0 spiro atoms. The average Bonchev–Trinajstić information content (AvgIpc) is 2.95. The predicted octanol–water partition coefficient (Wildman–Crippen LogP) is 2.03. The summed E-state index contributed by atoms with van der Waals surface area (Å²) in [7, 11) is 0. The van der Waals surface area contributed by atoms with Crippen molar-refractivity contribution in [3.63, 3.8) is 0 Å². The lowest BCUT2D eigenvalue weighted by Crippen LogP contribution is -2.37. The summed E-state index contributed by atoms with van der Waals surface area (Å²) in [5.74, 6) is 0.395. The highest BCUT2D eigenvalue weighted by molar-refractivity contribution is 5.80. The summed E-state index contributed by atoms with van der Waals surface area (Å²) in [4.78, 5) is 11.7. The fraction of sp³-hybridized carbons (Fsp3) is 0.500. The second kappa shape index (κ2) is 7.38. The van der Waals surface area contributed by atoms with Gasteiger partial charge in [-0.2, -0.15) is 0 Å². The highest BCUT2D eigenvalue weighted by Crippen LogP contribution is 2.13. The van der Waals surface area contributed by atoms with E-state index in [0.29, 0.717) is 18.0 Å². The van der Waals surface area contributed by atoms with Crippen LogP contribution in [0.2, 0.25) is 0 Å². The number of oxime groups is 1. The molecular weight excluding hydrogens is 282 g/mol. The standard InChI is InChI=1S/C16H21N3O3/c20-13(11-19-8-4-1-5-9-19)12-21-17-10-16-18-14-6-2-3-7-15(14)22-16/h2-3,6-7,10,13,20H,1,4-5,8-9,11-12H2/b17-10+. The fourth-order valence-electron chi connectivity index (χ4n) is 2.65. The van der Waals surface area contributed by atoms with Gasteiger partial charge in [0.1, 0.15) is 24.4 Å². The minimum atomic E-state index is -0.529. The Labute approximate surface area is 129 Å². The smallest absolute Gasteiger partial charge is 0.242 e. The molecule has 22 heavy (non-hydrogen) atoms. The van der Waals surface area contributed by atoms with Gasteiger partial charge in [0.15, 0.2) is 5.58 Å². The van der Waals surface area contributed by atoms with Crippen molar-refractivity contribution in [2.75, 3.05) is 26.2 Å². The molecule has 1 aliphatic rings. The topological polar surface area (TPSA) is 71.1 Å². The summed E-state index contributed by atoms with van der Waals surface area (Å²) in [6.45, 7) is 2.93. The van der Waals surface area contributed by atoms with Crippen LogP contribution in [0.5, 0.6) is 0 Å². The molecule has 6 nitrogen and oxygen atoms in total. The van der Waals surface area contributed by atoms with Crippen molar-refractivity contribution >= 4 is 17.3 Å². The summed E-state index contributed by atoms with van der Waals surface area (Å²) >= 11 is 0. The molecule has 2 aromatic rings. The zero-order valence-corrected chi connectivity index (χ0v) is 12.5. The van der Waals surface area contributed by atoms with Gasteiger partial charge in [0.05, 0.1) is 0 Å². The Bertz CT molecular complexity index is 587. The molecule has 1 saturated heterocycles. The molecule has 3 rings (SSSR count). The summed E-state index contributed by atoms with van der Waals surface area (Å²) in [6.07, 6.45) is 4.61. The summed E-state index contributed by atoms with van der Waals surface area (Å²) in [6, 6.07) is 7.52. The third kappa shape index (κ3) is 4.05. The summed E-state index contributed by atoms with van der Waals surface area (Å²) in [5, 5.41) is 13.7. The van der Waals surface area contributed by atoms with Gasteiger partial charge in [-0.25, -0.2) is 4.98 Å².